The van der Waals surface area contributed by atoms with E-state index in [1.807, 2.05) is 4.99 Å². The highest BCUT2D eigenvalue weighted by Gasteiger charge is 2.21. The van der Waals surface area contributed by atoms with Crippen molar-refractivity contribution >= 4 is 27.8 Å². The summed E-state index contributed by atoms with van der Waals surface area (Å²) >= 11 is 3.30. The quantitative estimate of drug-likeness (QED) is 0.906. The van der Waals surface area contributed by atoms with E-state index in [-0.39, 0.29) is 17.2 Å². The van der Waals surface area contributed by atoms with Crippen molar-refractivity contribution in [2.45, 2.75) is 12.8 Å². The molecule has 2 heterocycles. The molecule has 2 rings (SSSR count). The minimum absolute atomic E-state index is 0.0831. The molecule has 0 unspecified atom stereocenters. The Morgan fingerprint density at radius 1 is 1.32 bits per heavy atom. The lowest BCUT2D eigenvalue weighted by atomic mass is 10.1. The number of hydrogen-bond acceptors (Lipinski definition) is 3. The lowest BCUT2D eigenvalue weighted by Gasteiger charge is -2.27. The molecule has 100 valence electrons. The number of aromatic nitrogens is 1. The Morgan fingerprint density at radius 3 is 2.47 bits per heavy atom. The number of halogens is 1. The zero-order chi connectivity index (χ0) is 13.8. The molecule has 19 heavy (non-hydrogen) atoms. The van der Waals surface area contributed by atoms with E-state index in [1.165, 1.54) is 23.9 Å². The Kier molecular flexibility index (Phi) is 4.31. The third kappa shape index (κ3) is 3.20. The maximum atomic E-state index is 12.2. The van der Waals surface area contributed by atoms with E-state index in [0.29, 0.717) is 13.1 Å². The molecule has 0 saturated carbocycles. The van der Waals surface area contributed by atoms with Crippen LogP contribution in [0.1, 0.15) is 33.7 Å². The summed E-state index contributed by atoms with van der Waals surface area (Å²) in [5.74, 6) is -1.19. The van der Waals surface area contributed by atoms with E-state index in [9.17, 15) is 9.59 Å². The number of hydrogen-bond donors (Lipinski definition) is 1. The number of carbonyl (C=O) groups excluding carboxylic acids is 1. The van der Waals surface area contributed by atoms with Gasteiger partial charge in [0.2, 0.25) is 0 Å². The van der Waals surface area contributed by atoms with Gasteiger partial charge in [-0.25, -0.2) is 4.79 Å². The van der Waals surface area contributed by atoms with Crippen LogP contribution in [0.5, 0.6) is 0 Å². The van der Waals surface area contributed by atoms with Crippen molar-refractivity contribution in [1.29, 1.82) is 0 Å². The third-order valence-electron chi connectivity index (χ3n) is 3.08. The molecule has 0 atom stereocenters. The standard InChI is InChI=1S/C13H13BrN2O3/c14-7-9-3-5-16(6-4-9)12(17)11-2-1-10(8-15-11)13(18)19/h1-2,7-8H,3-6H2,(H,18,19). The van der Waals surface area contributed by atoms with Gasteiger partial charge in [0, 0.05) is 19.3 Å². The molecule has 0 radical (unpaired) electrons. The molecule has 1 aliphatic rings. The highest BCUT2D eigenvalue weighted by molar-refractivity contribution is 9.11. The highest BCUT2D eigenvalue weighted by atomic mass is 79.9. The van der Waals surface area contributed by atoms with Crippen LogP contribution >= 0.6 is 15.9 Å². The molecule has 1 aromatic rings. The summed E-state index contributed by atoms with van der Waals surface area (Å²) in [6, 6.07) is 2.86. The molecular weight excluding hydrogens is 312 g/mol. The van der Waals surface area contributed by atoms with E-state index in [4.69, 9.17) is 5.11 Å². The van der Waals surface area contributed by atoms with Crippen molar-refractivity contribution in [2.75, 3.05) is 13.1 Å². The molecule has 1 aromatic heterocycles. The molecule has 0 spiro atoms. The van der Waals surface area contributed by atoms with Gasteiger partial charge in [0.25, 0.3) is 5.91 Å². The van der Waals surface area contributed by atoms with Gasteiger partial charge in [0.1, 0.15) is 5.69 Å². The van der Waals surface area contributed by atoms with Crippen LogP contribution < -0.4 is 0 Å². The molecule has 5 nitrogen and oxygen atoms in total. The molecule has 0 bridgehead atoms. The number of aromatic carboxylic acids is 1. The molecule has 6 heteroatoms. The summed E-state index contributed by atoms with van der Waals surface area (Å²) in [6.45, 7) is 1.33. The Hall–Kier alpha value is -1.69. The maximum absolute atomic E-state index is 12.2. The van der Waals surface area contributed by atoms with Gasteiger partial charge in [-0.1, -0.05) is 21.5 Å². The van der Waals surface area contributed by atoms with E-state index < -0.39 is 5.97 Å². The predicted molar refractivity (Wildman–Crippen MR) is 73.3 cm³/mol. The van der Waals surface area contributed by atoms with Gasteiger partial charge in [-0.15, -0.1) is 0 Å². The SMILES string of the molecule is O=C(O)c1ccc(C(=O)N2CCC(=CBr)CC2)nc1. The number of carboxylic acid groups (broad SMARTS) is 1. The molecule has 1 amide bonds. The number of piperidine rings is 1. The van der Waals surface area contributed by atoms with Gasteiger partial charge in [0.05, 0.1) is 5.56 Å². The second-order valence-corrected chi connectivity index (χ2v) is 4.75. The number of likely N-dealkylation sites (tertiary alicyclic amines) is 1. The summed E-state index contributed by atoms with van der Waals surface area (Å²) in [6.07, 6.45) is 2.91. The monoisotopic (exact) mass is 324 g/mol. The zero-order valence-electron chi connectivity index (χ0n) is 10.2. The zero-order valence-corrected chi connectivity index (χ0v) is 11.8. The first-order chi connectivity index (χ1) is 9.11. The van der Waals surface area contributed by atoms with E-state index in [1.54, 1.807) is 4.90 Å². The van der Waals surface area contributed by atoms with Crippen LogP contribution in [0.3, 0.4) is 0 Å². The van der Waals surface area contributed by atoms with Crippen LogP contribution in [0, 0.1) is 0 Å². The minimum atomic E-state index is -1.04. The average molecular weight is 325 g/mol. The van der Waals surface area contributed by atoms with Crippen LogP contribution in [0.2, 0.25) is 0 Å². The van der Waals surface area contributed by atoms with Crippen molar-refractivity contribution in [1.82, 2.24) is 9.88 Å². The van der Waals surface area contributed by atoms with Crippen LogP contribution in [-0.2, 0) is 0 Å². The fourth-order valence-corrected chi connectivity index (χ4v) is 2.37. The van der Waals surface area contributed by atoms with Crippen LogP contribution in [0.4, 0.5) is 0 Å². The third-order valence-corrected chi connectivity index (χ3v) is 3.72. The van der Waals surface area contributed by atoms with Crippen LogP contribution in [-0.4, -0.2) is 40.0 Å². The largest absolute Gasteiger partial charge is 0.478 e. The summed E-state index contributed by atoms with van der Waals surface area (Å²) < 4.78 is 0. The highest BCUT2D eigenvalue weighted by Crippen LogP contribution is 2.18. The Morgan fingerprint density at radius 2 is 2.00 bits per heavy atom. The predicted octanol–water partition coefficient (Wildman–Crippen LogP) is 2.29. The molecular formula is C13H13BrN2O3. The average Bonchev–Trinajstić information content (AvgIpc) is 2.46. The van der Waals surface area contributed by atoms with Crippen molar-refractivity contribution in [2.24, 2.45) is 0 Å². The molecule has 1 saturated heterocycles. The number of nitrogens with zero attached hydrogens (tertiary/aromatic N) is 2. The van der Waals surface area contributed by atoms with Crippen LogP contribution in [0.25, 0.3) is 0 Å². The smallest absolute Gasteiger partial charge is 0.337 e. The van der Waals surface area contributed by atoms with Crippen LogP contribution in [0.15, 0.2) is 28.9 Å². The molecule has 0 aromatic carbocycles. The van der Waals surface area contributed by atoms with E-state index in [0.717, 1.165) is 12.8 Å². The lowest BCUT2D eigenvalue weighted by molar-refractivity contribution is 0.0691. The fraction of sp³-hybridized carbons (Fsp3) is 0.308. The lowest BCUT2D eigenvalue weighted by Crippen LogP contribution is -2.36. The minimum Gasteiger partial charge on any atom is -0.478 e. The van der Waals surface area contributed by atoms with E-state index in [2.05, 4.69) is 20.9 Å². The summed E-state index contributed by atoms with van der Waals surface area (Å²) in [5, 5.41) is 8.77. The van der Waals surface area contributed by atoms with Gasteiger partial charge in [-0.2, -0.15) is 0 Å². The molecule has 1 N–H and O–H groups in total. The topological polar surface area (TPSA) is 70.5 Å². The van der Waals surface area contributed by atoms with Gasteiger partial charge in [0.15, 0.2) is 0 Å². The Bertz CT molecular complexity index is 515. The number of amides is 1. The molecule has 1 fully saturated rings. The van der Waals surface area contributed by atoms with Crippen molar-refractivity contribution in [3.05, 3.63) is 40.1 Å². The first kappa shape index (κ1) is 13.7. The molecule has 0 aliphatic carbocycles. The van der Waals surface area contributed by atoms with Gasteiger partial charge < -0.3 is 10.0 Å². The number of pyridine rings is 1. The Balaban J connectivity index is 2.06. The normalized spacial score (nSPS) is 15.2. The summed E-state index contributed by atoms with van der Waals surface area (Å²) in [5.41, 5.74) is 1.66. The first-order valence-electron chi connectivity index (χ1n) is 5.88. The second-order valence-electron chi connectivity index (χ2n) is 4.30. The number of carboxylic acids is 1. The number of carbonyl (C=O) groups is 2. The van der Waals surface area contributed by atoms with E-state index >= 15 is 0 Å². The Labute approximate surface area is 119 Å². The summed E-state index contributed by atoms with van der Waals surface area (Å²) in [7, 11) is 0. The van der Waals surface area contributed by atoms with Gasteiger partial charge in [-0.05, 0) is 30.0 Å². The van der Waals surface area contributed by atoms with Gasteiger partial charge >= 0.3 is 5.97 Å². The summed E-state index contributed by atoms with van der Waals surface area (Å²) in [4.78, 5) is 30.4. The first-order valence-corrected chi connectivity index (χ1v) is 6.80. The molecule has 1 aliphatic heterocycles. The van der Waals surface area contributed by atoms with Crippen molar-refractivity contribution < 1.29 is 14.7 Å². The van der Waals surface area contributed by atoms with Crippen molar-refractivity contribution in [3.63, 3.8) is 0 Å². The van der Waals surface area contributed by atoms with Gasteiger partial charge in [-0.3, -0.25) is 9.78 Å². The maximum Gasteiger partial charge on any atom is 0.337 e. The fourth-order valence-electron chi connectivity index (χ4n) is 1.92. The number of rotatable bonds is 2. The second kappa shape index (κ2) is 5.97. The van der Waals surface area contributed by atoms with Crippen molar-refractivity contribution in [3.8, 4) is 0 Å².